The van der Waals surface area contributed by atoms with Gasteiger partial charge in [0.05, 0.1) is 0 Å². The van der Waals surface area contributed by atoms with E-state index in [0.717, 1.165) is 6.42 Å². The molecule has 0 spiro atoms. The lowest BCUT2D eigenvalue weighted by Crippen LogP contribution is -2.41. The Balaban J connectivity index is 2.45. The Morgan fingerprint density at radius 3 is 3.00 bits per heavy atom. The molecule has 0 aromatic carbocycles. The van der Waals surface area contributed by atoms with E-state index >= 15 is 0 Å². The van der Waals surface area contributed by atoms with E-state index in [1.165, 1.54) is 11.1 Å². The molecule has 0 heterocycles. The number of hydrogen-bond acceptors (Lipinski definition) is 1. The molecular formula is C11H15N. The van der Waals surface area contributed by atoms with Gasteiger partial charge in [-0.05, 0) is 30.4 Å². The van der Waals surface area contributed by atoms with E-state index in [9.17, 15) is 0 Å². The van der Waals surface area contributed by atoms with Crippen LogP contribution in [0.25, 0.3) is 0 Å². The molecule has 64 valence electrons. The van der Waals surface area contributed by atoms with Crippen molar-refractivity contribution in [1.29, 1.82) is 0 Å². The van der Waals surface area contributed by atoms with Gasteiger partial charge in [0.2, 0.25) is 0 Å². The van der Waals surface area contributed by atoms with Gasteiger partial charge in [0.1, 0.15) is 0 Å². The van der Waals surface area contributed by atoms with Crippen LogP contribution in [0.15, 0.2) is 35.5 Å². The van der Waals surface area contributed by atoms with Crippen LogP contribution in [0.1, 0.15) is 20.3 Å². The Hall–Kier alpha value is -0.820. The molecule has 0 aromatic rings. The molecule has 1 heteroatoms. The Kier molecular flexibility index (Phi) is 1.52. The minimum atomic E-state index is -0.139. The fourth-order valence-corrected chi connectivity index (χ4v) is 1.95. The molecule has 0 bridgehead atoms. The monoisotopic (exact) mass is 161 g/mol. The van der Waals surface area contributed by atoms with E-state index in [0.29, 0.717) is 5.92 Å². The first-order valence-corrected chi connectivity index (χ1v) is 4.50. The minimum Gasteiger partial charge on any atom is -0.321 e. The molecule has 0 saturated carbocycles. The fourth-order valence-electron chi connectivity index (χ4n) is 1.95. The fraction of sp³-hybridized carbons (Fsp3) is 0.455. The van der Waals surface area contributed by atoms with Crippen molar-refractivity contribution in [1.82, 2.24) is 0 Å². The topological polar surface area (TPSA) is 26.0 Å². The van der Waals surface area contributed by atoms with Crippen molar-refractivity contribution < 1.29 is 0 Å². The lowest BCUT2D eigenvalue weighted by atomic mass is 9.84. The third-order valence-corrected chi connectivity index (χ3v) is 3.02. The molecule has 2 aliphatic rings. The second-order valence-electron chi connectivity index (χ2n) is 3.95. The van der Waals surface area contributed by atoms with Crippen LogP contribution in [0.4, 0.5) is 0 Å². The summed E-state index contributed by atoms with van der Waals surface area (Å²) in [5.74, 6) is 0.460. The van der Waals surface area contributed by atoms with Gasteiger partial charge in [-0.25, -0.2) is 0 Å². The van der Waals surface area contributed by atoms with Crippen molar-refractivity contribution in [2.75, 3.05) is 0 Å². The molecule has 0 radical (unpaired) electrons. The van der Waals surface area contributed by atoms with E-state index in [4.69, 9.17) is 5.73 Å². The summed E-state index contributed by atoms with van der Waals surface area (Å²) in [6.45, 7) is 4.30. The quantitative estimate of drug-likeness (QED) is 0.579. The number of nitrogens with two attached hydrogens (primary N) is 1. The maximum Gasteiger partial charge on any atom is 0.0444 e. The second kappa shape index (κ2) is 2.33. The van der Waals surface area contributed by atoms with Crippen LogP contribution in [0.3, 0.4) is 0 Å². The van der Waals surface area contributed by atoms with Crippen molar-refractivity contribution in [2.24, 2.45) is 11.7 Å². The van der Waals surface area contributed by atoms with Crippen LogP contribution in [0.2, 0.25) is 0 Å². The van der Waals surface area contributed by atoms with Crippen LogP contribution in [0.5, 0.6) is 0 Å². The maximum atomic E-state index is 6.22. The lowest BCUT2D eigenvalue weighted by Gasteiger charge is -2.27. The van der Waals surface area contributed by atoms with E-state index in [2.05, 4.69) is 38.2 Å². The number of allylic oxidation sites excluding steroid dienone is 3. The van der Waals surface area contributed by atoms with Gasteiger partial charge < -0.3 is 5.73 Å². The molecule has 0 aromatic heterocycles. The van der Waals surface area contributed by atoms with Gasteiger partial charge in [0.25, 0.3) is 0 Å². The summed E-state index contributed by atoms with van der Waals surface area (Å²) in [6, 6.07) is 0. The molecule has 0 fully saturated rings. The number of hydrogen-bond donors (Lipinski definition) is 1. The Morgan fingerprint density at radius 2 is 2.33 bits per heavy atom. The highest BCUT2D eigenvalue weighted by molar-refractivity contribution is 5.54. The number of rotatable bonds is 0. The van der Waals surface area contributed by atoms with Crippen molar-refractivity contribution in [2.45, 2.75) is 25.8 Å². The van der Waals surface area contributed by atoms with Crippen LogP contribution < -0.4 is 5.73 Å². The highest BCUT2D eigenvalue weighted by Crippen LogP contribution is 2.39. The molecule has 0 saturated heterocycles. The summed E-state index contributed by atoms with van der Waals surface area (Å²) < 4.78 is 0. The second-order valence-corrected chi connectivity index (χ2v) is 3.95. The van der Waals surface area contributed by atoms with Crippen molar-refractivity contribution in [3.63, 3.8) is 0 Å². The molecule has 0 amide bonds. The van der Waals surface area contributed by atoms with Gasteiger partial charge in [0.15, 0.2) is 0 Å². The minimum absolute atomic E-state index is 0.139. The third-order valence-electron chi connectivity index (χ3n) is 3.02. The zero-order valence-corrected chi connectivity index (χ0v) is 7.67. The number of fused-ring (bicyclic) bond motifs is 1. The third kappa shape index (κ3) is 0.896. The van der Waals surface area contributed by atoms with Crippen molar-refractivity contribution >= 4 is 0 Å². The average Bonchev–Trinajstić information content (AvgIpc) is 2.25. The summed E-state index contributed by atoms with van der Waals surface area (Å²) >= 11 is 0. The summed E-state index contributed by atoms with van der Waals surface area (Å²) in [5.41, 5.74) is 8.75. The predicted octanol–water partition coefficient (Wildman–Crippen LogP) is 2.17. The smallest absolute Gasteiger partial charge is 0.0444 e. The van der Waals surface area contributed by atoms with Gasteiger partial charge in [-0.15, -0.1) is 0 Å². The normalized spacial score (nSPS) is 39.1. The molecular weight excluding hydrogens is 146 g/mol. The summed E-state index contributed by atoms with van der Waals surface area (Å²) in [7, 11) is 0. The molecule has 2 atom stereocenters. The van der Waals surface area contributed by atoms with Gasteiger partial charge >= 0.3 is 0 Å². The van der Waals surface area contributed by atoms with Crippen molar-refractivity contribution in [3.05, 3.63) is 35.5 Å². The molecule has 2 rings (SSSR count). The highest BCUT2D eigenvalue weighted by atomic mass is 14.8. The van der Waals surface area contributed by atoms with Crippen LogP contribution >= 0.6 is 0 Å². The molecule has 2 aliphatic carbocycles. The van der Waals surface area contributed by atoms with Gasteiger partial charge in [0, 0.05) is 5.54 Å². The zero-order valence-electron chi connectivity index (χ0n) is 7.67. The zero-order chi connectivity index (χ0) is 8.77. The molecule has 2 N–H and O–H groups in total. The van der Waals surface area contributed by atoms with E-state index in [1.807, 2.05) is 0 Å². The van der Waals surface area contributed by atoms with Gasteiger partial charge in [-0.3, -0.25) is 0 Å². The van der Waals surface area contributed by atoms with Crippen LogP contribution in [-0.4, -0.2) is 5.54 Å². The Labute approximate surface area is 73.6 Å². The Morgan fingerprint density at radius 1 is 1.58 bits per heavy atom. The first kappa shape index (κ1) is 7.81. The van der Waals surface area contributed by atoms with Crippen molar-refractivity contribution in [3.8, 4) is 0 Å². The van der Waals surface area contributed by atoms with Gasteiger partial charge in [-0.2, -0.15) is 0 Å². The first-order valence-electron chi connectivity index (χ1n) is 4.50. The molecule has 1 nitrogen and oxygen atoms in total. The lowest BCUT2D eigenvalue weighted by molar-refractivity contribution is 0.461. The highest BCUT2D eigenvalue weighted by Gasteiger charge is 2.36. The standard InChI is InChI=1S/C11H15N/c1-8-7-9-5-3-4-6-10(9)11(8,2)12/h3,5-8H,4,12H2,1-2H3. The largest absolute Gasteiger partial charge is 0.321 e. The maximum absolute atomic E-state index is 6.22. The summed E-state index contributed by atoms with van der Waals surface area (Å²) in [4.78, 5) is 0. The summed E-state index contributed by atoms with van der Waals surface area (Å²) in [5, 5.41) is 0. The SMILES string of the molecule is CC1C=C2C=CCC=C2C1(C)N. The van der Waals surface area contributed by atoms with E-state index in [1.54, 1.807) is 0 Å². The molecule has 2 unspecified atom stereocenters. The first-order chi connectivity index (χ1) is 5.62. The van der Waals surface area contributed by atoms with E-state index < -0.39 is 0 Å². The average molecular weight is 161 g/mol. The van der Waals surface area contributed by atoms with Crippen LogP contribution in [-0.2, 0) is 0 Å². The predicted molar refractivity (Wildman–Crippen MR) is 51.7 cm³/mol. The van der Waals surface area contributed by atoms with Crippen LogP contribution in [0, 0.1) is 5.92 Å². The molecule has 12 heavy (non-hydrogen) atoms. The Bertz CT molecular complexity index is 292. The summed E-state index contributed by atoms with van der Waals surface area (Å²) in [6.07, 6.45) is 9.91. The van der Waals surface area contributed by atoms with E-state index in [-0.39, 0.29) is 5.54 Å². The molecule has 0 aliphatic heterocycles. The van der Waals surface area contributed by atoms with Gasteiger partial charge in [-0.1, -0.05) is 31.2 Å².